The first-order valence-electron chi connectivity index (χ1n) is 16.8. The van der Waals surface area contributed by atoms with Gasteiger partial charge in [-0.05, 0) is 84.6 Å². The lowest BCUT2D eigenvalue weighted by Crippen LogP contribution is -2.45. The molecule has 7 rings (SSSR count). The largest absolute Gasteiger partial charge is 0.494 e. The number of halogens is 1. The van der Waals surface area contributed by atoms with Gasteiger partial charge in [-0.2, -0.15) is 4.98 Å². The van der Waals surface area contributed by atoms with Crippen LogP contribution in [0.2, 0.25) is 0 Å². The molecule has 2 aromatic heterocycles. The molecule has 16 heteroatoms. The molecule has 3 aliphatic rings. The van der Waals surface area contributed by atoms with Crippen molar-refractivity contribution in [2.75, 3.05) is 81.5 Å². The number of ether oxygens (including phenoxy) is 1. The standard InChI is InChI=1S/C34H43BrN9O4PS/c1-21-14-28(40-34-38-16-25(35)33(41-34)39-27-7-6-26-31(37-11-10-36-26)32(27)49(3,4)45)30(48-2)15-29(21)42-12-8-24(9-13-42)43-17-22-19-44(50(5,46)47)20-23(22)18-43/h6-7,10-11,14-16,22-24H,8-9,12-13,17-20H2,1-5H3,(H2,38,39,40,41). The van der Waals surface area contributed by atoms with Gasteiger partial charge in [-0.15, -0.1) is 0 Å². The normalized spacial score (nSPS) is 20.7. The predicted molar refractivity (Wildman–Crippen MR) is 203 cm³/mol. The molecule has 266 valence electrons. The zero-order valence-electron chi connectivity index (χ0n) is 28.9. The predicted octanol–water partition coefficient (Wildman–Crippen LogP) is 5.03. The fourth-order valence-corrected chi connectivity index (χ4v) is 10.4. The summed E-state index contributed by atoms with van der Waals surface area (Å²) < 4.78 is 45.7. The van der Waals surface area contributed by atoms with Crippen LogP contribution >= 0.6 is 23.1 Å². The number of rotatable bonds is 9. The molecular weight excluding hydrogens is 741 g/mol. The molecule has 0 saturated carbocycles. The number of nitrogens with one attached hydrogen (secondary N) is 2. The van der Waals surface area contributed by atoms with Crippen LogP contribution in [0, 0.1) is 18.8 Å². The van der Waals surface area contributed by atoms with E-state index in [9.17, 15) is 13.0 Å². The lowest BCUT2D eigenvalue weighted by molar-refractivity contribution is 0.189. The van der Waals surface area contributed by atoms with Crippen LogP contribution in [0.4, 0.5) is 28.8 Å². The molecule has 3 aliphatic heterocycles. The Kier molecular flexibility index (Phi) is 9.57. The molecule has 50 heavy (non-hydrogen) atoms. The van der Waals surface area contributed by atoms with E-state index in [4.69, 9.17) is 9.72 Å². The molecule has 5 heterocycles. The summed E-state index contributed by atoms with van der Waals surface area (Å²) in [5.74, 6) is 2.44. The number of likely N-dealkylation sites (tertiary alicyclic amines) is 1. The number of hydrogen-bond donors (Lipinski definition) is 2. The lowest BCUT2D eigenvalue weighted by Gasteiger charge is -2.39. The number of aryl methyl sites for hydroxylation is 1. The molecule has 2 unspecified atom stereocenters. The van der Waals surface area contributed by atoms with Gasteiger partial charge < -0.3 is 24.8 Å². The van der Waals surface area contributed by atoms with Crippen LogP contribution in [0.5, 0.6) is 5.75 Å². The first-order chi connectivity index (χ1) is 23.8. The Bertz CT molecular complexity index is 2080. The Hall–Kier alpha value is -3.36. The summed E-state index contributed by atoms with van der Waals surface area (Å²) in [6.07, 6.45) is 8.35. The fraction of sp³-hybridized carbons (Fsp3) is 0.471. The topological polar surface area (TPSA) is 146 Å². The molecule has 2 atom stereocenters. The molecule has 3 fully saturated rings. The second kappa shape index (κ2) is 13.6. The zero-order chi connectivity index (χ0) is 35.4. The molecule has 2 aromatic carbocycles. The highest BCUT2D eigenvalue weighted by atomic mass is 79.9. The van der Waals surface area contributed by atoms with Crippen molar-refractivity contribution in [2.24, 2.45) is 11.8 Å². The van der Waals surface area contributed by atoms with E-state index in [1.807, 2.05) is 12.1 Å². The van der Waals surface area contributed by atoms with E-state index >= 15 is 0 Å². The minimum absolute atomic E-state index is 0.371. The van der Waals surface area contributed by atoms with Crippen molar-refractivity contribution in [3.8, 4) is 5.75 Å². The van der Waals surface area contributed by atoms with Gasteiger partial charge in [-0.1, -0.05) is 0 Å². The summed E-state index contributed by atoms with van der Waals surface area (Å²) in [6, 6.07) is 8.37. The summed E-state index contributed by atoms with van der Waals surface area (Å²) in [5, 5.41) is 7.32. The third-order valence-electron chi connectivity index (χ3n) is 10.2. The van der Waals surface area contributed by atoms with Crippen LogP contribution in [0.25, 0.3) is 11.0 Å². The van der Waals surface area contributed by atoms with Crippen molar-refractivity contribution in [2.45, 2.75) is 25.8 Å². The fourth-order valence-electron chi connectivity index (χ4n) is 7.74. The Balaban J connectivity index is 1.04. The van der Waals surface area contributed by atoms with Crippen LogP contribution in [-0.2, 0) is 14.6 Å². The van der Waals surface area contributed by atoms with E-state index in [0.29, 0.717) is 75.0 Å². The number of piperidine rings is 1. The van der Waals surface area contributed by atoms with Crippen molar-refractivity contribution in [3.63, 3.8) is 0 Å². The Morgan fingerprint density at radius 2 is 1.66 bits per heavy atom. The summed E-state index contributed by atoms with van der Waals surface area (Å²) >= 11 is 3.57. The van der Waals surface area contributed by atoms with Gasteiger partial charge >= 0.3 is 0 Å². The van der Waals surface area contributed by atoms with E-state index in [2.05, 4.69) is 70.4 Å². The van der Waals surface area contributed by atoms with Crippen LogP contribution in [0.15, 0.2) is 47.3 Å². The number of anilines is 5. The quantitative estimate of drug-likeness (QED) is 0.220. The molecule has 0 bridgehead atoms. The van der Waals surface area contributed by atoms with Crippen molar-refractivity contribution < 1.29 is 17.7 Å². The van der Waals surface area contributed by atoms with Gasteiger partial charge in [0.2, 0.25) is 16.0 Å². The van der Waals surface area contributed by atoms with E-state index in [-0.39, 0.29) is 0 Å². The number of nitrogens with zero attached hydrogens (tertiary/aromatic N) is 7. The minimum Gasteiger partial charge on any atom is -0.494 e. The van der Waals surface area contributed by atoms with Crippen molar-refractivity contribution in [3.05, 3.63) is 52.9 Å². The number of sulfonamides is 1. The van der Waals surface area contributed by atoms with Gasteiger partial charge in [-0.3, -0.25) is 14.9 Å². The Morgan fingerprint density at radius 3 is 2.32 bits per heavy atom. The maximum atomic E-state index is 13.4. The van der Waals surface area contributed by atoms with Crippen molar-refractivity contribution in [1.82, 2.24) is 29.1 Å². The van der Waals surface area contributed by atoms with E-state index in [0.717, 1.165) is 56.0 Å². The van der Waals surface area contributed by atoms with Gasteiger partial charge in [-0.25, -0.2) is 17.7 Å². The zero-order valence-corrected chi connectivity index (χ0v) is 32.2. The number of benzene rings is 2. The number of aromatic nitrogens is 4. The molecular formula is C34H43BrN9O4PS. The van der Waals surface area contributed by atoms with E-state index in [1.54, 1.807) is 43.3 Å². The number of fused-ring (bicyclic) bond motifs is 2. The maximum Gasteiger partial charge on any atom is 0.229 e. The molecule has 13 nitrogen and oxygen atoms in total. The molecule has 2 N–H and O–H groups in total. The van der Waals surface area contributed by atoms with Gasteiger partial charge in [0.1, 0.15) is 24.2 Å². The average molecular weight is 785 g/mol. The molecule has 0 aliphatic carbocycles. The van der Waals surface area contributed by atoms with Crippen molar-refractivity contribution >= 4 is 78.3 Å². The first kappa shape index (κ1) is 35.1. The highest BCUT2D eigenvalue weighted by Crippen LogP contribution is 2.42. The highest BCUT2D eigenvalue weighted by molar-refractivity contribution is 9.10. The third kappa shape index (κ3) is 7.07. The second-order valence-corrected chi connectivity index (χ2v) is 20.0. The smallest absolute Gasteiger partial charge is 0.229 e. The first-order valence-corrected chi connectivity index (χ1v) is 22.0. The van der Waals surface area contributed by atoms with Crippen LogP contribution < -0.4 is 25.6 Å². The van der Waals surface area contributed by atoms with Crippen molar-refractivity contribution in [1.29, 1.82) is 0 Å². The summed E-state index contributed by atoms with van der Waals surface area (Å²) in [5.41, 5.74) is 4.92. The SMILES string of the molecule is COc1cc(N2CCC(N3CC4CN(S(C)(=O)=O)CC4C3)CC2)c(C)cc1Nc1ncc(Br)c(Nc2ccc3nccnc3c2P(C)(C)=O)n1. The number of hydrogen-bond acceptors (Lipinski definition) is 12. The third-order valence-corrected chi connectivity index (χ3v) is 13.5. The Labute approximate surface area is 301 Å². The van der Waals surface area contributed by atoms with Crippen LogP contribution in [0.3, 0.4) is 0 Å². The molecule has 0 radical (unpaired) electrons. The van der Waals surface area contributed by atoms with Gasteiger partial charge in [0, 0.05) is 75.7 Å². The summed E-state index contributed by atoms with van der Waals surface area (Å²) in [7, 11) is -4.21. The van der Waals surface area contributed by atoms with Gasteiger partial charge in [0.15, 0.2) is 0 Å². The Morgan fingerprint density at radius 1 is 0.960 bits per heavy atom. The molecule has 4 aromatic rings. The van der Waals surface area contributed by atoms with Crippen LogP contribution in [0.1, 0.15) is 18.4 Å². The highest BCUT2D eigenvalue weighted by Gasteiger charge is 2.44. The van der Waals surface area contributed by atoms with Gasteiger partial charge in [0.25, 0.3) is 0 Å². The summed E-state index contributed by atoms with van der Waals surface area (Å²) in [4.78, 5) is 23.2. The minimum atomic E-state index is -3.11. The maximum absolute atomic E-state index is 13.4. The monoisotopic (exact) mass is 783 g/mol. The van der Waals surface area contributed by atoms with E-state index in [1.165, 1.54) is 6.26 Å². The lowest BCUT2D eigenvalue weighted by atomic mass is 10.0. The molecule has 0 spiro atoms. The second-order valence-electron chi connectivity index (χ2n) is 14.0. The molecule has 0 amide bonds. The average Bonchev–Trinajstić information content (AvgIpc) is 3.67. The number of methoxy groups -OCH3 is 1. The van der Waals surface area contributed by atoms with Gasteiger partial charge in [0.05, 0.1) is 40.0 Å². The van der Waals surface area contributed by atoms with E-state index < -0.39 is 17.2 Å². The summed E-state index contributed by atoms with van der Waals surface area (Å²) in [6.45, 7) is 10.7. The molecule has 3 saturated heterocycles. The van der Waals surface area contributed by atoms with Crippen LogP contribution in [-0.4, -0.2) is 110 Å².